The number of ether oxygens (including phenoxy) is 1. The molecule has 9 heteroatoms. The molecule has 1 amide bonds. The van der Waals surface area contributed by atoms with Crippen molar-refractivity contribution < 1.29 is 22.7 Å². The molecule has 0 saturated heterocycles. The van der Waals surface area contributed by atoms with Crippen LogP contribution in [0.15, 0.2) is 36.5 Å². The van der Waals surface area contributed by atoms with Gasteiger partial charge in [-0.25, -0.2) is 4.98 Å². The van der Waals surface area contributed by atoms with Crippen LogP contribution in [0.3, 0.4) is 0 Å². The maximum atomic E-state index is 13.1. The molecule has 0 spiro atoms. The van der Waals surface area contributed by atoms with Gasteiger partial charge >= 0.3 is 6.18 Å². The maximum absolute atomic E-state index is 13.1. The van der Waals surface area contributed by atoms with E-state index in [1.54, 1.807) is 7.11 Å². The number of carbonyl (C=O) groups excluding carboxylic acids is 1. The molecule has 0 bridgehead atoms. The first-order valence-corrected chi connectivity index (χ1v) is 8.06. The number of hydrogen-bond donors (Lipinski definition) is 2. The van der Waals surface area contributed by atoms with Crippen molar-refractivity contribution in [3.8, 4) is 0 Å². The highest BCUT2D eigenvalue weighted by Crippen LogP contribution is 2.37. The van der Waals surface area contributed by atoms with Gasteiger partial charge in [0.15, 0.2) is 0 Å². The molecule has 140 valence electrons. The summed E-state index contributed by atoms with van der Waals surface area (Å²) in [4.78, 5) is 15.9. The summed E-state index contributed by atoms with van der Waals surface area (Å²) in [7, 11) is 1.57. The molecule has 5 nitrogen and oxygen atoms in total. The van der Waals surface area contributed by atoms with Crippen molar-refractivity contribution in [3.63, 3.8) is 0 Å². The van der Waals surface area contributed by atoms with E-state index in [0.29, 0.717) is 25.3 Å². The predicted molar refractivity (Wildman–Crippen MR) is 92.8 cm³/mol. The number of anilines is 2. The summed E-state index contributed by atoms with van der Waals surface area (Å²) in [6, 6.07) is 6.35. The van der Waals surface area contributed by atoms with Crippen molar-refractivity contribution in [1.29, 1.82) is 0 Å². The number of alkyl halides is 3. The van der Waals surface area contributed by atoms with Crippen molar-refractivity contribution in [1.82, 2.24) is 10.3 Å². The summed E-state index contributed by atoms with van der Waals surface area (Å²) in [5.74, 6) is -0.366. The maximum Gasteiger partial charge on any atom is 0.418 e. The summed E-state index contributed by atoms with van der Waals surface area (Å²) in [5, 5.41) is 5.30. The first-order valence-electron chi connectivity index (χ1n) is 7.68. The molecular weight excluding hydrogens is 371 g/mol. The number of benzene rings is 1. The first kappa shape index (κ1) is 20.0. The number of aromatic nitrogens is 1. The molecule has 26 heavy (non-hydrogen) atoms. The number of halogens is 4. The number of pyridine rings is 1. The summed E-state index contributed by atoms with van der Waals surface area (Å²) in [6.45, 7) is 0.966. The minimum Gasteiger partial charge on any atom is -0.385 e. The zero-order chi connectivity index (χ0) is 19.2. The third-order valence-electron chi connectivity index (χ3n) is 3.37. The Morgan fingerprint density at radius 1 is 1.27 bits per heavy atom. The minimum absolute atomic E-state index is 0.0125. The Kier molecular flexibility index (Phi) is 6.82. The van der Waals surface area contributed by atoms with Crippen molar-refractivity contribution in [3.05, 3.63) is 52.8 Å². The van der Waals surface area contributed by atoms with Crippen LogP contribution in [0, 0.1) is 0 Å². The van der Waals surface area contributed by atoms with Crippen LogP contribution >= 0.6 is 11.6 Å². The van der Waals surface area contributed by atoms with Crippen LogP contribution in [-0.4, -0.2) is 31.2 Å². The van der Waals surface area contributed by atoms with E-state index in [1.165, 1.54) is 30.5 Å². The van der Waals surface area contributed by atoms with Gasteiger partial charge in [0.25, 0.3) is 5.91 Å². The fraction of sp³-hybridized carbons (Fsp3) is 0.294. The van der Waals surface area contributed by atoms with Crippen LogP contribution in [-0.2, 0) is 10.9 Å². The average molecular weight is 388 g/mol. The highest BCUT2D eigenvalue weighted by atomic mass is 35.5. The second-order valence-corrected chi connectivity index (χ2v) is 5.78. The van der Waals surface area contributed by atoms with E-state index in [4.69, 9.17) is 16.3 Å². The lowest BCUT2D eigenvalue weighted by atomic mass is 10.1. The Bertz CT molecular complexity index is 752. The Labute approximate surface area is 153 Å². The molecule has 0 fully saturated rings. The molecule has 2 rings (SSSR count). The summed E-state index contributed by atoms with van der Waals surface area (Å²) >= 11 is 5.65. The van der Waals surface area contributed by atoms with Gasteiger partial charge < -0.3 is 15.4 Å². The van der Waals surface area contributed by atoms with Crippen LogP contribution in [0.5, 0.6) is 0 Å². The Balaban J connectivity index is 2.07. The Morgan fingerprint density at radius 2 is 2.04 bits per heavy atom. The SMILES string of the molecule is COCCCNC(=O)c1ccc(Nc2ccc(Cl)cc2C(F)(F)F)cn1. The Morgan fingerprint density at radius 3 is 2.65 bits per heavy atom. The molecule has 2 N–H and O–H groups in total. The molecule has 1 aromatic heterocycles. The van der Waals surface area contributed by atoms with Gasteiger partial charge in [0, 0.05) is 25.3 Å². The van der Waals surface area contributed by atoms with Crippen molar-refractivity contribution in [2.75, 3.05) is 25.6 Å². The van der Waals surface area contributed by atoms with Gasteiger partial charge in [0.2, 0.25) is 0 Å². The van der Waals surface area contributed by atoms with E-state index in [9.17, 15) is 18.0 Å². The molecule has 0 atom stereocenters. The second kappa shape index (κ2) is 8.86. The first-order chi connectivity index (χ1) is 12.3. The monoisotopic (exact) mass is 387 g/mol. The van der Waals surface area contributed by atoms with Crippen LogP contribution < -0.4 is 10.6 Å². The molecular formula is C17H17ClF3N3O2. The van der Waals surface area contributed by atoms with Crippen LogP contribution in [0.1, 0.15) is 22.5 Å². The van der Waals surface area contributed by atoms with Gasteiger partial charge in [-0.05, 0) is 36.8 Å². The quantitative estimate of drug-likeness (QED) is 0.697. The number of amides is 1. The molecule has 0 saturated carbocycles. The molecule has 0 aliphatic carbocycles. The molecule has 0 unspecified atom stereocenters. The molecule has 1 heterocycles. The Hall–Kier alpha value is -2.32. The van der Waals surface area contributed by atoms with Crippen LogP contribution in [0.2, 0.25) is 5.02 Å². The number of nitrogens with one attached hydrogen (secondary N) is 2. The van der Waals surface area contributed by atoms with Crippen LogP contribution in [0.25, 0.3) is 0 Å². The minimum atomic E-state index is -4.55. The lowest BCUT2D eigenvalue weighted by molar-refractivity contribution is -0.136. The van der Waals surface area contributed by atoms with Gasteiger partial charge in [0.1, 0.15) is 5.69 Å². The van der Waals surface area contributed by atoms with E-state index in [0.717, 1.165) is 6.07 Å². The number of rotatable bonds is 7. The van der Waals surface area contributed by atoms with Gasteiger partial charge in [-0.2, -0.15) is 13.2 Å². The van der Waals surface area contributed by atoms with Gasteiger partial charge in [0.05, 0.1) is 23.1 Å². The molecule has 2 aromatic rings. The average Bonchev–Trinajstić information content (AvgIpc) is 2.60. The van der Waals surface area contributed by atoms with E-state index in [-0.39, 0.29) is 22.3 Å². The largest absolute Gasteiger partial charge is 0.418 e. The predicted octanol–water partition coefficient (Wildman–Crippen LogP) is 4.26. The third kappa shape index (κ3) is 5.60. The number of carbonyl (C=O) groups is 1. The zero-order valence-electron chi connectivity index (χ0n) is 13.9. The van der Waals surface area contributed by atoms with Gasteiger partial charge in [-0.1, -0.05) is 11.6 Å². The fourth-order valence-corrected chi connectivity index (χ4v) is 2.30. The van der Waals surface area contributed by atoms with Crippen LogP contribution in [0.4, 0.5) is 24.5 Å². The standard InChI is InChI=1S/C17H17ClF3N3O2/c1-26-8-2-7-22-16(25)15-6-4-12(10-23-15)24-14-5-3-11(18)9-13(14)17(19,20)21/h3-6,9-10,24H,2,7-8H2,1H3,(H,22,25). The van der Waals surface area contributed by atoms with E-state index >= 15 is 0 Å². The lowest BCUT2D eigenvalue weighted by Crippen LogP contribution is -2.26. The zero-order valence-corrected chi connectivity index (χ0v) is 14.6. The summed E-state index contributed by atoms with van der Waals surface area (Å²) < 4.78 is 44.2. The molecule has 0 aliphatic rings. The summed E-state index contributed by atoms with van der Waals surface area (Å²) in [5.41, 5.74) is -0.556. The highest BCUT2D eigenvalue weighted by Gasteiger charge is 2.33. The van der Waals surface area contributed by atoms with Gasteiger partial charge in [-0.15, -0.1) is 0 Å². The smallest absolute Gasteiger partial charge is 0.385 e. The van der Waals surface area contributed by atoms with Crippen molar-refractivity contribution in [2.24, 2.45) is 0 Å². The number of hydrogen-bond acceptors (Lipinski definition) is 4. The van der Waals surface area contributed by atoms with E-state index < -0.39 is 11.7 Å². The lowest BCUT2D eigenvalue weighted by Gasteiger charge is -2.15. The normalized spacial score (nSPS) is 11.3. The topological polar surface area (TPSA) is 63.2 Å². The third-order valence-corrected chi connectivity index (χ3v) is 3.61. The van der Waals surface area contributed by atoms with Crippen molar-refractivity contribution >= 4 is 28.9 Å². The summed E-state index contributed by atoms with van der Waals surface area (Å²) in [6.07, 6.45) is -2.60. The van der Waals surface area contributed by atoms with E-state index in [2.05, 4.69) is 15.6 Å². The van der Waals surface area contributed by atoms with E-state index in [1.807, 2.05) is 0 Å². The molecule has 0 radical (unpaired) electrons. The van der Waals surface area contributed by atoms with Crippen molar-refractivity contribution in [2.45, 2.75) is 12.6 Å². The molecule has 1 aromatic carbocycles. The highest BCUT2D eigenvalue weighted by molar-refractivity contribution is 6.30. The fourth-order valence-electron chi connectivity index (χ4n) is 2.13. The van der Waals surface area contributed by atoms with Gasteiger partial charge in [-0.3, -0.25) is 4.79 Å². The molecule has 0 aliphatic heterocycles. The number of methoxy groups -OCH3 is 1. The second-order valence-electron chi connectivity index (χ2n) is 5.35. The number of nitrogens with zero attached hydrogens (tertiary/aromatic N) is 1.